The number of nitrogens with zero attached hydrogens (tertiary/aromatic N) is 3. The number of piperazine rings is 1. The molecule has 3 rings (SSSR count). The average Bonchev–Trinajstić information content (AvgIpc) is 2.77. The molecule has 10 nitrogen and oxygen atoms in total. The number of hydrogen-bond acceptors (Lipinski definition) is 7. The third-order valence-electron chi connectivity index (χ3n) is 4.82. The predicted molar refractivity (Wildman–Crippen MR) is 117 cm³/mol. The zero-order chi connectivity index (χ0) is 23.5. The van der Waals surface area contributed by atoms with Crippen LogP contribution in [0.15, 0.2) is 48.5 Å². The first-order valence-corrected chi connectivity index (χ1v) is 10.1. The van der Waals surface area contributed by atoms with E-state index in [1.54, 1.807) is 12.1 Å². The summed E-state index contributed by atoms with van der Waals surface area (Å²) >= 11 is 0. The van der Waals surface area contributed by atoms with Gasteiger partial charge in [-0.15, -0.1) is 0 Å². The van der Waals surface area contributed by atoms with Crippen LogP contribution in [0.1, 0.15) is 18.1 Å². The van der Waals surface area contributed by atoms with E-state index in [1.165, 1.54) is 11.6 Å². The number of rotatable bonds is 7. The lowest BCUT2D eigenvalue weighted by atomic mass is 10.1. The summed E-state index contributed by atoms with van der Waals surface area (Å²) in [5.74, 6) is -2.73. The van der Waals surface area contributed by atoms with E-state index in [2.05, 4.69) is 21.9 Å². The molecule has 0 radical (unpaired) electrons. The largest absolute Gasteiger partial charge is 0.494 e. The van der Waals surface area contributed by atoms with E-state index < -0.39 is 11.9 Å². The molecule has 1 aliphatic heterocycles. The Balaban J connectivity index is 0.000000534. The van der Waals surface area contributed by atoms with Crippen LogP contribution in [-0.4, -0.2) is 69.7 Å². The molecular formula is C22H27N3O7. The molecule has 10 heteroatoms. The molecule has 2 aromatic rings. The van der Waals surface area contributed by atoms with Gasteiger partial charge in [0.2, 0.25) is 0 Å². The van der Waals surface area contributed by atoms with Gasteiger partial charge in [0.1, 0.15) is 5.75 Å². The Morgan fingerprint density at radius 3 is 1.94 bits per heavy atom. The highest BCUT2D eigenvalue weighted by molar-refractivity contribution is 6.27. The van der Waals surface area contributed by atoms with Crippen LogP contribution in [0.3, 0.4) is 0 Å². The summed E-state index contributed by atoms with van der Waals surface area (Å²) in [6.07, 6.45) is 0. The summed E-state index contributed by atoms with van der Waals surface area (Å²) in [4.78, 5) is 33.6. The van der Waals surface area contributed by atoms with E-state index in [4.69, 9.17) is 24.5 Å². The van der Waals surface area contributed by atoms with Gasteiger partial charge in [0.15, 0.2) is 0 Å². The lowest BCUT2D eigenvalue weighted by Gasteiger charge is -2.34. The highest BCUT2D eigenvalue weighted by atomic mass is 16.6. The number of benzene rings is 2. The Kier molecular flexibility index (Phi) is 9.58. The number of aliphatic carboxylic acids is 2. The summed E-state index contributed by atoms with van der Waals surface area (Å²) in [7, 11) is 0. The summed E-state index contributed by atoms with van der Waals surface area (Å²) < 4.78 is 5.48. The molecule has 0 atom stereocenters. The van der Waals surface area contributed by atoms with Crippen molar-refractivity contribution >= 4 is 17.6 Å². The van der Waals surface area contributed by atoms with Gasteiger partial charge in [0.05, 0.1) is 11.5 Å². The maximum absolute atomic E-state index is 10.9. The number of carboxylic acid groups (broad SMARTS) is 2. The molecule has 2 N–H and O–H groups in total. The van der Waals surface area contributed by atoms with Crippen LogP contribution in [0.4, 0.5) is 5.69 Å². The molecule has 0 amide bonds. The highest BCUT2D eigenvalue weighted by Crippen LogP contribution is 2.17. The number of carbonyl (C=O) groups is 2. The first-order valence-electron chi connectivity index (χ1n) is 10.1. The summed E-state index contributed by atoms with van der Waals surface area (Å²) in [5, 5.41) is 25.7. The van der Waals surface area contributed by atoms with E-state index >= 15 is 0 Å². The maximum Gasteiger partial charge on any atom is 0.414 e. The lowest BCUT2D eigenvalue weighted by molar-refractivity contribution is -0.384. The van der Waals surface area contributed by atoms with E-state index in [0.717, 1.165) is 50.6 Å². The highest BCUT2D eigenvalue weighted by Gasteiger charge is 2.18. The van der Waals surface area contributed by atoms with Crippen LogP contribution in [0.5, 0.6) is 5.75 Å². The molecule has 0 saturated carbocycles. The monoisotopic (exact) mass is 445 g/mol. The topological polar surface area (TPSA) is 133 Å². The van der Waals surface area contributed by atoms with Crippen LogP contribution in [0, 0.1) is 10.1 Å². The normalized spacial score (nSPS) is 14.2. The predicted octanol–water partition coefficient (Wildman–Crippen LogP) is 2.47. The fourth-order valence-corrected chi connectivity index (χ4v) is 3.25. The van der Waals surface area contributed by atoms with Crippen molar-refractivity contribution in [3.05, 3.63) is 69.8 Å². The summed E-state index contributed by atoms with van der Waals surface area (Å²) in [5.41, 5.74) is 2.45. The van der Waals surface area contributed by atoms with Gasteiger partial charge < -0.3 is 14.9 Å². The van der Waals surface area contributed by atoms with Crippen molar-refractivity contribution in [3.8, 4) is 5.75 Å². The molecule has 1 fully saturated rings. The standard InChI is InChI=1S/C20H25N3O3.C2H2O4/c1-2-26-20-8-6-17(7-9-20)15-21-10-12-22(13-11-21)16-18-4-3-5-19(14-18)23(24)25;3-1(4)2(5)6/h3-9,14H,2,10-13,15-16H2,1H3;(H,3,4)(H,5,6). The fourth-order valence-electron chi connectivity index (χ4n) is 3.25. The van der Waals surface area contributed by atoms with Crippen molar-refractivity contribution < 1.29 is 29.5 Å². The molecule has 1 aliphatic rings. The quantitative estimate of drug-likeness (QED) is 0.374. The molecule has 0 aliphatic carbocycles. The lowest BCUT2D eigenvalue weighted by Crippen LogP contribution is -2.45. The van der Waals surface area contributed by atoms with Crippen molar-refractivity contribution in [1.82, 2.24) is 9.80 Å². The molecule has 32 heavy (non-hydrogen) atoms. The Hall–Kier alpha value is -3.50. The van der Waals surface area contributed by atoms with Crippen LogP contribution in [-0.2, 0) is 22.7 Å². The van der Waals surface area contributed by atoms with Gasteiger partial charge >= 0.3 is 11.9 Å². The SMILES string of the molecule is CCOc1ccc(CN2CCN(Cc3cccc([N+](=O)[O-])c3)CC2)cc1.O=C(O)C(=O)O. The van der Waals surface area contributed by atoms with Gasteiger partial charge in [-0.25, -0.2) is 9.59 Å². The van der Waals surface area contributed by atoms with Gasteiger partial charge in [0, 0.05) is 51.4 Å². The van der Waals surface area contributed by atoms with Crippen LogP contribution in [0.25, 0.3) is 0 Å². The minimum atomic E-state index is -1.82. The second-order valence-corrected chi connectivity index (χ2v) is 7.17. The number of ether oxygens (including phenoxy) is 1. The van der Waals surface area contributed by atoms with Crippen molar-refractivity contribution in [2.45, 2.75) is 20.0 Å². The van der Waals surface area contributed by atoms with Crippen molar-refractivity contribution in [2.24, 2.45) is 0 Å². The molecule has 0 aromatic heterocycles. The van der Waals surface area contributed by atoms with Crippen molar-refractivity contribution in [2.75, 3.05) is 32.8 Å². The smallest absolute Gasteiger partial charge is 0.414 e. The minimum Gasteiger partial charge on any atom is -0.494 e. The van der Waals surface area contributed by atoms with Crippen LogP contribution in [0.2, 0.25) is 0 Å². The molecule has 1 heterocycles. The van der Waals surface area contributed by atoms with Gasteiger partial charge in [0.25, 0.3) is 5.69 Å². The van der Waals surface area contributed by atoms with Crippen LogP contribution >= 0.6 is 0 Å². The fraction of sp³-hybridized carbons (Fsp3) is 0.364. The number of nitro groups is 1. The van der Waals surface area contributed by atoms with E-state index in [9.17, 15) is 10.1 Å². The van der Waals surface area contributed by atoms with Gasteiger partial charge in [-0.05, 0) is 30.2 Å². The molecule has 0 unspecified atom stereocenters. The second kappa shape index (κ2) is 12.4. The molecule has 2 aromatic carbocycles. The number of nitro benzene ring substituents is 1. The minimum absolute atomic E-state index is 0.164. The van der Waals surface area contributed by atoms with Crippen LogP contribution < -0.4 is 4.74 Å². The Morgan fingerprint density at radius 2 is 1.47 bits per heavy atom. The van der Waals surface area contributed by atoms with Crippen molar-refractivity contribution in [3.63, 3.8) is 0 Å². The summed E-state index contributed by atoms with van der Waals surface area (Å²) in [6.45, 7) is 8.33. The maximum atomic E-state index is 10.9. The summed E-state index contributed by atoms with van der Waals surface area (Å²) in [6, 6.07) is 15.2. The Labute approximate surface area is 185 Å². The van der Waals surface area contributed by atoms with Gasteiger partial charge in [-0.3, -0.25) is 19.9 Å². The van der Waals surface area contributed by atoms with Crippen molar-refractivity contribution in [1.29, 1.82) is 0 Å². The van der Waals surface area contributed by atoms with E-state index in [-0.39, 0.29) is 10.6 Å². The number of carboxylic acids is 2. The third-order valence-corrected chi connectivity index (χ3v) is 4.82. The second-order valence-electron chi connectivity index (χ2n) is 7.17. The van der Waals surface area contributed by atoms with E-state index in [0.29, 0.717) is 6.61 Å². The third kappa shape index (κ3) is 8.32. The first kappa shape index (κ1) is 24.8. The Bertz CT molecular complexity index is 898. The van der Waals surface area contributed by atoms with Gasteiger partial charge in [-0.2, -0.15) is 0 Å². The molecule has 1 saturated heterocycles. The molecule has 0 bridgehead atoms. The Morgan fingerprint density at radius 1 is 0.938 bits per heavy atom. The molecule has 0 spiro atoms. The zero-order valence-corrected chi connectivity index (χ0v) is 17.8. The zero-order valence-electron chi connectivity index (χ0n) is 17.8. The molecular weight excluding hydrogens is 418 g/mol. The number of hydrogen-bond donors (Lipinski definition) is 2. The van der Waals surface area contributed by atoms with Gasteiger partial charge in [-0.1, -0.05) is 24.3 Å². The number of non-ortho nitro benzene ring substituents is 1. The average molecular weight is 445 g/mol. The molecule has 172 valence electrons. The first-order chi connectivity index (χ1) is 15.3. The van der Waals surface area contributed by atoms with E-state index in [1.807, 2.05) is 25.1 Å².